The maximum Gasteiger partial charge on any atom is 0.308 e. The lowest BCUT2D eigenvalue weighted by Gasteiger charge is -2.17. The first-order valence-electron chi connectivity index (χ1n) is 9.11. The van der Waals surface area contributed by atoms with Crippen molar-refractivity contribution in [1.29, 1.82) is 0 Å². The van der Waals surface area contributed by atoms with Crippen LogP contribution in [0.5, 0.6) is 0 Å². The number of esters is 1. The van der Waals surface area contributed by atoms with Crippen molar-refractivity contribution in [3.63, 3.8) is 0 Å². The zero-order valence-corrected chi connectivity index (χ0v) is 17.7. The van der Waals surface area contributed by atoms with E-state index in [0.717, 1.165) is 21.7 Å². The molecule has 5 nitrogen and oxygen atoms in total. The van der Waals surface area contributed by atoms with E-state index in [9.17, 15) is 9.59 Å². The van der Waals surface area contributed by atoms with Crippen LogP contribution in [0.1, 0.15) is 36.2 Å². The van der Waals surface area contributed by atoms with E-state index in [4.69, 9.17) is 16.3 Å². The normalized spacial score (nSPS) is 11.7. The lowest BCUT2D eigenvalue weighted by Crippen LogP contribution is -2.28. The van der Waals surface area contributed by atoms with Gasteiger partial charge in [-0.25, -0.2) is 4.98 Å². The molecule has 7 heteroatoms. The van der Waals surface area contributed by atoms with Crippen LogP contribution in [0.3, 0.4) is 0 Å². The Morgan fingerprint density at radius 1 is 1.17 bits per heavy atom. The number of nitrogens with one attached hydrogen (secondary N) is 1. The van der Waals surface area contributed by atoms with Crippen molar-refractivity contribution in [1.82, 2.24) is 10.3 Å². The fourth-order valence-corrected chi connectivity index (χ4v) is 3.93. The van der Waals surface area contributed by atoms with Crippen molar-refractivity contribution < 1.29 is 14.3 Å². The second-order valence-electron chi connectivity index (χ2n) is 6.65. The Morgan fingerprint density at radius 3 is 2.59 bits per heavy atom. The number of hydrogen-bond acceptors (Lipinski definition) is 5. The minimum absolute atomic E-state index is 0.0458. The van der Waals surface area contributed by atoms with Crippen LogP contribution in [-0.4, -0.2) is 16.9 Å². The summed E-state index contributed by atoms with van der Waals surface area (Å²) in [6.45, 7) is 3.48. The highest BCUT2D eigenvalue weighted by atomic mass is 35.5. The van der Waals surface area contributed by atoms with Crippen LogP contribution >= 0.6 is 22.9 Å². The number of thiazole rings is 1. The van der Waals surface area contributed by atoms with Gasteiger partial charge in [-0.15, -0.1) is 11.3 Å². The molecule has 0 bridgehead atoms. The molecule has 3 rings (SSSR count). The highest BCUT2D eigenvalue weighted by Gasteiger charge is 2.18. The van der Waals surface area contributed by atoms with E-state index in [2.05, 4.69) is 10.3 Å². The van der Waals surface area contributed by atoms with Crippen LogP contribution in [-0.2, 0) is 20.9 Å². The van der Waals surface area contributed by atoms with E-state index < -0.39 is 12.0 Å². The van der Waals surface area contributed by atoms with E-state index in [1.54, 1.807) is 0 Å². The minimum Gasteiger partial charge on any atom is -0.459 e. The third kappa shape index (κ3) is 5.89. The maximum atomic E-state index is 12.4. The van der Waals surface area contributed by atoms with Gasteiger partial charge in [0, 0.05) is 17.9 Å². The summed E-state index contributed by atoms with van der Waals surface area (Å²) in [6, 6.07) is 14.7. The smallest absolute Gasteiger partial charge is 0.308 e. The van der Waals surface area contributed by atoms with E-state index in [0.29, 0.717) is 10.7 Å². The Balaban J connectivity index is 1.61. The number of amides is 1. The minimum atomic E-state index is -0.435. The molecule has 3 aromatic rings. The topological polar surface area (TPSA) is 68.3 Å². The van der Waals surface area contributed by atoms with Gasteiger partial charge in [0.25, 0.3) is 0 Å². The third-order valence-electron chi connectivity index (χ3n) is 4.27. The average molecular weight is 429 g/mol. The Kier molecular flexibility index (Phi) is 7.01. The molecule has 0 saturated carbocycles. The quantitative estimate of drug-likeness (QED) is 0.532. The maximum absolute atomic E-state index is 12.4. The molecule has 0 aliphatic carbocycles. The zero-order chi connectivity index (χ0) is 20.8. The van der Waals surface area contributed by atoms with Crippen LogP contribution in [0.15, 0.2) is 53.9 Å². The summed E-state index contributed by atoms with van der Waals surface area (Å²) in [6.07, 6.45) is 0.0458. The lowest BCUT2D eigenvalue weighted by molar-refractivity contribution is -0.145. The highest BCUT2D eigenvalue weighted by Crippen LogP contribution is 2.30. The van der Waals surface area contributed by atoms with Crippen molar-refractivity contribution in [3.05, 3.63) is 75.8 Å². The van der Waals surface area contributed by atoms with E-state index >= 15 is 0 Å². The second kappa shape index (κ2) is 9.67. The molecule has 1 N–H and O–H groups in total. The largest absolute Gasteiger partial charge is 0.459 e. The summed E-state index contributed by atoms with van der Waals surface area (Å²) in [5, 5.41) is 6.05. The summed E-state index contributed by atoms with van der Waals surface area (Å²) < 4.78 is 5.39. The molecule has 1 amide bonds. The van der Waals surface area contributed by atoms with Crippen molar-refractivity contribution in [3.8, 4) is 10.6 Å². The van der Waals surface area contributed by atoms with Crippen LogP contribution < -0.4 is 5.32 Å². The Labute approximate surface area is 178 Å². The number of hydrogen-bond donors (Lipinski definition) is 1. The summed E-state index contributed by atoms with van der Waals surface area (Å²) in [5.74, 6) is -0.608. The summed E-state index contributed by atoms with van der Waals surface area (Å²) in [7, 11) is 0. The average Bonchev–Trinajstić information content (AvgIpc) is 3.15. The molecule has 2 aromatic carbocycles. The molecule has 1 unspecified atom stereocenters. The van der Waals surface area contributed by atoms with Gasteiger partial charge in [0.2, 0.25) is 5.91 Å². The number of nitrogens with zero attached hydrogens (tertiary/aromatic N) is 1. The SMILES string of the molecule is CC(=O)NC(CC(=O)OCc1csc(-c2ccccc2Cl)n1)c1ccc(C)cc1. The molecule has 150 valence electrons. The first kappa shape index (κ1) is 21.0. The molecule has 0 aliphatic rings. The monoisotopic (exact) mass is 428 g/mol. The Morgan fingerprint density at radius 2 is 1.90 bits per heavy atom. The summed E-state index contributed by atoms with van der Waals surface area (Å²) >= 11 is 7.65. The van der Waals surface area contributed by atoms with E-state index in [1.807, 2.05) is 60.8 Å². The van der Waals surface area contributed by atoms with Crippen molar-refractivity contribution >= 4 is 34.8 Å². The molecule has 0 saturated heterocycles. The fraction of sp³-hybridized carbons (Fsp3) is 0.227. The molecular weight excluding hydrogens is 408 g/mol. The van der Waals surface area contributed by atoms with Crippen molar-refractivity contribution in [2.45, 2.75) is 32.9 Å². The van der Waals surface area contributed by atoms with Gasteiger partial charge >= 0.3 is 5.97 Å². The van der Waals surface area contributed by atoms with Crippen LogP contribution in [0.2, 0.25) is 5.02 Å². The van der Waals surface area contributed by atoms with Gasteiger partial charge in [0.05, 0.1) is 23.2 Å². The second-order valence-corrected chi connectivity index (χ2v) is 7.92. The lowest BCUT2D eigenvalue weighted by atomic mass is 10.0. The number of carbonyl (C=O) groups excluding carboxylic acids is 2. The van der Waals surface area contributed by atoms with Gasteiger partial charge in [-0.2, -0.15) is 0 Å². The van der Waals surface area contributed by atoms with Crippen LogP contribution in [0.4, 0.5) is 0 Å². The molecule has 1 atom stereocenters. The predicted octanol–water partition coefficient (Wildman–Crippen LogP) is 5.08. The van der Waals surface area contributed by atoms with Gasteiger partial charge in [0.1, 0.15) is 11.6 Å². The third-order valence-corrected chi connectivity index (χ3v) is 5.52. The van der Waals surface area contributed by atoms with Gasteiger partial charge in [-0.1, -0.05) is 59.6 Å². The van der Waals surface area contributed by atoms with Gasteiger partial charge in [-0.3, -0.25) is 9.59 Å². The van der Waals surface area contributed by atoms with Gasteiger partial charge in [0.15, 0.2) is 0 Å². The Hall–Kier alpha value is -2.70. The molecule has 1 aromatic heterocycles. The Bertz CT molecular complexity index is 1000. The summed E-state index contributed by atoms with van der Waals surface area (Å²) in [4.78, 5) is 28.4. The van der Waals surface area contributed by atoms with Crippen molar-refractivity contribution in [2.75, 3.05) is 0 Å². The first-order valence-corrected chi connectivity index (χ1v) is 10.4. The van der Waals surface area contributed by atoms with E-state index in [-0.39, 0.29) is 18.9 Å². The molecule has 1 heterocycles. The standard InChI is InChI=1S/C22H21ClN2O3S/c1-14-7-9-16(10-8-14)20(24-15(2)26)11-21(27)28-12-17-13-29-22(25-17)18-5-3-4-6-19(18)23/h3-10,13,20H,11-12H2,1-2H3,(H,24,26). The van der Waals surface area contributed by atoms with Crippen LogP contribution in [0.25, 0.3) is 10.6 Å². The molecule has 0 spiro atoms. The van der Waals surface area contributed by atoms with Crippen LogP contribution in [0, 0.1) is 6.92 Å². The predicted molar refractivity (Wildman–Crippen MR) is 115 cm³/mol. The number of rotatable bonds is 7. The molecule has 0 aliphatic heterocycles. The fourth-order valence-electron chi connectivity index (χ4n) is 2.81. The van der Waals surface area contributed by atoms with E-state index in [1.165, 1.54) is 18.3 Å². The van der Waals surface area contributed by atoms with Gasteiger partial charge < -0.3 is 10.1 Å². The molecule has 0 fully saturated rings. The highest BCUT2D eigenvalue weighted by molar-refractivity contribution is 7.13. The van der Waals surface area contributed by atoms with Gasteiger partial charge in [-0.05, 0) is 18.6 Å². The van der Waals surface area contributed by atoms with Crippen molar-refractivity contribution in [2.24, 2.45) is 0 Å². The zero-order valence-electron chi connectivity index (χ0n) is 16.1. The number of halogens is 1. The number of carbonyl (C=O) groups is 2. The molecular formula is C22H21ClN2O3S. The number of ether oxygens (including phenoxy) is 1. The number of aromatic nitrogens is 1. The molecule has 29 heavy (non-hydrogen) atoms. The number of aryl methyl sites for hydroxylation is 1. The number of benzene rings is 2. The summed E-state index contributed by atoms with van der Waals surface area (Å²) in [5.41, 5.74) is 3.47. The molecule has 0 radical (unpaired) electrons. The first-order chi connectivity index (χ1) is 13.9.